The smallest absolute Gasteiger partial charge is 0.331 e. The lowest BCUT2D eigenvalue weighted by atomic mass is 9.99. The van der Waals surface area contributed by atoms with E-state index in [0.717, 1.165) is 32.1 Å². The van der Waals surface area contributed by atoms with Gasteiger partial charge < -0.3 is 39.4 Å². The van der Waals surface area contributed by atoms with Crippen molar-refractivity contribution in [2.75, 3.05) is 19.8 Å². The Balaban J connectivity index is 2.33. The van der Waals surface area contributed by atoms with Gasteiger partial charge in [-0.15, -0.1) is 0 Å². The largest absolute Gasteiger partial charge is 0.462 e. The summed E-state index contributed by atoms with van der Waals surface area (Å²) >= 11 is 0. The first-order valence-electron chi connectivity index (χ1n) is 24.1. The Hall–Kier alpha value is -2.08. The number of ether oxygens (including phenoxy) is 4. The lowest BCUT2D eigenvalue weighted by molar-refractivity contribution is -0.305. The monoisotopic (exact) mass is 837 g/mol. The summed E-state index contributed by atoms with van der Waals surface area (Å²) < 4.78 is 22.0. The van der Waals surface area contributed by atoms with Crippen molar-refractivity contribution in [3.63, 3.8) is 0 Å². The third kappa shape index (κ3) is 31.4. The molecule has 0 aromatic rings. The van der Waals surface area contributed by atoms with Crippen molar-refractivity contribution in [3.05, 3.63) is 36.5 Å². The van der Waals surface area contributed by atoms with E-state index in [-0.39, 0.29) is 19.6 Å². The van der Waals surface area contributed by atoms with Crippen LogP contribution in [0.15, 0.2) is 36.5 Å². The molecule has 4 N–H and O–H groups in total. The molecular formula is C49H88O10. The summed E-state index contributed by atoms with van der Waals surface area (Å²) in [7, 11) is 0. The number of rotatable bonds is 40. The number of hydrogen-bond acceptors (Lipinski definition) is 10. The summed E-state index contributed by atoms with van der Waals surface area (Å²) in [4.78, 5) is 25.3. The molecule has 0 aliphatic carbocycles. The van der Waals surface area contributed by atoms with Crippen LogP contribution in [0.25, 0.3) is 0 Å². The Morgan fingerprint density at radius 3 is 1.51 bits per heavy atom. The van der Waals surface area contributed by atoms with E-state index < -0.39 is 55.4 Å². The van der Waals surface area contributed by atoms with Crippen molar-refractivity contribution >= 4 is 11.9 Å². The van der Waals surface area contributed by atoms with Gasteiger partial charge in [-0.05, 0) is 44.9 Å². The fourth-order valence-corrected chi connectivity index (χ4v) is 7.27. The summed E-state index contributed by atoms with van der Waals surface area (Å²) in [6.45, 7) is 3.32. The molecule has 0 bridgehead atoms. The third-order valence-corrected chi connectivity index (χ3v) is 11.1. The van der Waals surface area contributed by atoms with E-state index in [0.29, 0.717) is 6.42 Å². The van der Waals surface area contributed by atoms with E-state index in [2.05, 4.69) is 26.0 Å². The maximum atomic E-state index is 12.7. The number of carbonyl (C=O) groups is 2. The number of unbranched alkanes of at least 4 members (excludes halogenated alkanes) is 26. The molecule has 0 amide bonds. The fraction of sp³-hybridized carbons (Fsp3) is 0.837. The maximum absolute atomic E-state index is 12.7. The van der Waals surface area contributed by atoms with E-state index in [4.69, 9.17) is 18.9 Å². The molecule has 1 aliphatic heterocycles. The van der Waals surface area contributed by atoms with Crippen LogP contribution in [0.3, 0.4) is 0 Å². The van der Waals surface area contributed by atoms with Gasteiger partial charge in [0.1, 0.15) is 31.0 Å². The van der Waals surface area contributed by atoms with Crippen LogP contribution in [0.4, 0.5) is 0 Å². The molecule has 0 aromatic heterocycles. The molecule has 1 saturated heterocycles. The normalized spacial score (nSPS) is 20.3. The fourth-order valence-electron chi connectivity index (χ4n) is 7.27. The highest BCUT2D eigenvalue weighted by atomic mass is 16.7. The Kier molecular flexibility index (Phi) is 37.3. The predicted molar refractivity (Wildman–Crippen MR) is 238 cm³/mol. The van der Waals surface area contributed by atoms with Gasteiger partial charge in [0.25, 0.3) is 0 Å². The topological polar surface area (TPSA) is 152 Å². The van der Waals surface area contributed by atoms with E-state index in [9.17, 15) is 30.0 Å². The van der Waals surface area contributed by atoms with Gasteiger partial charge in [0, 0.05) is 12.5 Å². The minimum Gasteiger partial charge on any atom is -0.462 e. The summed E-state index contributed by atoms with van der Waals surface area (Å²) in [5, 5.41) is 40.1. The second-order valence-corrected chi connectivity index (χ2v) is 16.6. The van der Waals surface area contributed by atoms with Crippen LogP contribution in [0, 0.1) is 0 Å². The summed E-state index contributed by atoms with van der Waals surface area (Å²) in [5.74, 6) is -1.06. The van der Waals surface area contributed by atoms with Crippen molar-refractivity contribution in [1.29, 1.82) is 0 Å². The van der Waals surface area contributed by atoms with E-state index in [1.54, 1.807) is 6.08 Å². The SMILES string of the molecule is CCCCCCCC/C=C/CCCCCCCCCCCC(=O)OC[C@@H](CO[C@H]1O[C@@H](CO)[C@@H](O)C(O)C1O)OC(=O)/C=C/C=C/CCCCCCCCCCCCC. The average Bonchev–Trinajstić information content (AvgIpc) is 3.23. The number of aliphatic hydroxyl groups excluding tert-OH is 4. The molecule has 1 fully saturated rings. The van der Waals surface area contributed by atoms with Crippen LogP contribution in [-0.4, -0.2) is 89.0 Å². The Morgan fingerprint density at radius 1 is 0.559 bits per heavy atom. The summed E-state index contributed by atoms with van der Waals surface area (Å²) in [5.41, 5.74) is 0. The van der Waals surface area contributed by atoms with Crippen LogP contribution < -0.4 is 0 Å². The molecule has 1 rings (SSSR count). The molecule has 0 spiro atoms. The zero-order chi connectivity index (χ0) is 43.0. The molecule has 1 aliphatic rings. The first kappa shape index (κ1) is 54.9. The molecule has 59 heavy (non-hydrogen) atoms. The van der Waals surface area contributed by atoms with Gasteiger partial charge in [0.15, 0.2) is 12.4 Å². The minimum absolute atomic E-state index is 0.254. The molecular weight excluding hydrogens is 749 g/mol. The molecule has 0 radical (unpaired) electrons. The molecule has 10 nitrogen and oxygen atoms in total. The lowest BCUT2D eigenvalue weighted by Gasteiger charge is -2.39. The van der Waals surface area contributed by atoms with Crippen LogP contribution >= 0.6 is 0 Å². The van der Waals surface area contributed by atoms with Gasteiger partial charge in [0.2, 0.25) is 0 Å². The molecule has 2 unspecified atom stereocenters. The Labute approximate surface area is 359 Å². The van der Waals surface area contributed by atoms with Crippen molar-refractivity contribution in [2.45, 2.75) is 243 Å². The summed E-state index contributed by atoms with van der Waals surface area (Å²) in [6, 6.07) is 0. The number of carbonyl (C=O) groups excluding carboxylic acids is 2. The van der Waals surface area contributed by atoms with Crippen molar-refractivity contribution in [3.8, 4) is 0 Å². The Morgan fingerprint density at radius 2 is 1.02 bits per heavy atom. The number of aliphatic hydroxyl groups is 4. The molecule has 1 heterocycles. The lowest BCUT2D eigenvalue weighted by Crippen LogP contribution is -2.59. The molecule has 344 valence electrons. The van der Waals surface area contributed by atoms with Gasteiger partial charge in [0.05, 0.1) is 13.2 Å². The highest BCUT2D eigenvalue weighted by Gasteiger charge is 2.44. The van der Waals surface area contributed by atoms with Crippen molar-refractivity contribution < 1.29 is 49.0 Å². The van der Waals surface area contributed by atoms with Crippen LogP contribution in [0.1, 0.15) is 206 Å². The maximum Gasteiger partial charge on any atom is 0.331 e. The number of hydrogen-bond donors (Lipinski definition) is 4. The standard InChI is InChI=1S/C49H88O10/c1-3-5-7-9-11-13-15-17-19-20-21-22-24-25-27-29-31-33-35-37-44(51)56-40-42(41-57-49-48(55)47(54)46(53)43(39-50)59-49)58-45(52)38-36-34-32-30-28-26-23-18-16-14-12-10-8-6-4-2/h17,19,32,34,36,38,42-43,46-50,53-55H,3-16,18,20-31,33,35,37,39-41H2,1-2H3/b19-17+,34-32+,38-36+/t42-,43-,46+,47?,48?,49-/m0/s1. The molecule has 0 saturated carbocycles. The highest BCUT2D eigenvalue weighted by molar-refractivity contribution is 5.82. The van der Waals surface area contributed by atoms with E-state index in [1.165, 1.54) is 154 Å². The van der Waals surface area contributed by atoms with Crippen LogP contribution in [0.5, 0.6) is 0 Å². The van der Waals surface area contributed by atoms with Gasteiger partial charge in [-0.3, -0.25) is 4.79 Å². The first-order valence-corrected chi connectivity index (χ1v) is 24.1. The van der Waals surface area contributed by atoms with Gasteiger partial charge >= 0.3 is 11.9 Å². The van der Waals surface area contributed by atoms with Crippen LogP contribution in [0.2, 0.25) is 0 Å². The van der Waals surface area contributed by atoms with Gasteiger partial charge in [-0.25, -0.2) is 4.79 Å². The zero-order valence-corrected chi connectivity index (χ0v) is 37.5. The highest BCUT2D eigenvalue weighted by Crippen LogP contribution is 2.22. The minimum atomic E-state index is -1.61. The average molecular weight is 837 g/mol. The zero-order valence-electron chi connectivity index (χ0n) is 37.5. The van der Waals surface area contributed by atoms with Crippen LogP contribution in [-0.2, 0) is 28.5 Å². The van der Waals surface area contributed by atoms with Crippen molar-refractivity contribution in [2.24, 2.45) is 0 Å². The predicted octanol–water partition coefficient (Wildman–Crippen LogP) is 10.7. The second kappa shape index (κ2) is 40.0. The number of allylic oxidation sites excluding steroid dienone is 5. The molecule has 10 heteroatoms. The summed E-state index contributed by atoms with van der Waals surface area (Å²) in [6.07, 6.45) is 39.2. The van der Waals surface area contributed by atoms with Gasteiger partial charge in [-0.1, -0.05) is 185 Å². The third-order valence-electron chi connectivity index (χ3n) is 11.1. The Bertz CT molecular complexity index is 1060. The molecule has 6 atom stereocenters. The van der Waals surface area contributed by atoms with Crippen molar-refractivity contribution in [1.82, 2.24) is 0 Å². The molecule has 0 aromatic carbocycles. The van der Waals surface area contributed by atoms with E-state index >= 15 is 0 Å². The van der Waals surface area contributed by atoms with Gasteiger partial charge in [-0.2, -0.15) is 0 Å². The van der Waals surface area contributed by atoms with E-state index in [1.807, 2.05) is 12.2 Å². The second-order valence-electron chi connectivity index (χ2n) is 16.6. The quantitative estimate of drug-likeness (QED) is 0.0154. The number of esters is 2. The first-order chi connectivity index (χ1) is 28.8.